The van der Waals surface area contributed by atoms with Crippen LogP contribution in [-0.4, -0.2) is 37.4 Å². The van der Waals surface area contributed by atoms with Gasteiger partial charge in [0.05, 0.1) is 6.04 Å². The molecule has 6 N–H and O–H groups in total. The number of unbranched alkanes of at least 4 members (excludes halogenated alkanes) is 1. The second kappa shape index (κ2) is 8.66. The number of carbonyl (C=O) groups excluding carboxylic acids is 3. The van der Waals surface area contributed by atoms with E-state index < -0.39 is 23.8 Å². The zero-order valence-electron chi connectivity index (χ0n) is 9.99. The molecule has 3 amide bonds. The maximum atomic E-state index is 11.4. The van der Waals surface area contributed by atoms with Gasteiger partial charge in [-0.05, 0) is 19.4 Å². The Kier molecular flexibility index (Phi) is 7.91. The van der Waals surface area contributed by atoms with Gasteiger partial charge in [-0.2, -0.15) is 0 Å². The summed E-state index contributed by atoms with van der Waals surface area (Å²) in [7, 11) is 1.41. The van der Waals surface area contributed by atoms with Gasteiger partial charge in [0.2, 0.25) is 17.7 Å². The maximum absolute atomic E-state index is 11.4. The zero-order chi connectivity index (χ0) is 13.3. The number of imide groups is 1. The number of nitrogens with two attached hydrogens (primary N) is 2. The minimum Gasteiger partial charge on any atom is -0.359 e. The number of amides is 3. The van der Waals surface area contributed by atoms with Crippen molar-refractivity contribution in [2.75, 3.05) is 13.6 Å². The lowest BCUT2D eigenvalue weighted by molar-refractivity contribution is -0.133. The minimum atomic E-state index is -0.741. The van der Waals surface area contributed by atoms with Crippen LogP contribution in [0.3, 0.4) is 0 Å². The minimum absolute atomic E-state index is 0.377. The first kappa shape index (κ1) is 15.5. The van der Waals surface area contributed by atoms with Crippen LogP contribution in [0.4, 0.5) is 0 Å². The van der Waals surface area contributed by atoms with Crippen molar-refractivity contribution in [2.24, 2.45) is 11.5 Å². The molecule has 0 saturated carbocycles. The fraction of sp³-hybridized carbons (Fsp3) is 0.700. The highest BCUT2D eigenvalue weighted by molar-refractivity contribution is 6.05. The number of nitrogens with one attached hydrogen (secondary N) is 2. The molecule has 0 unspecified atom stereocenters. The molecule has 7 nitrogen and oxygen atoms in total. The van der Waals surface area contributed by atoms with Crippen molar-refractivity contribution in [3.63, 3.8) is 0 Å². The quantitative estimate of drug-likeness (QED) is 0.311. The summed E-state index contributed by atoms with van der Waals surface area (Å²) >= 11 is 0. The van der Waals surface area contributed by atoms with Gasteiger partial charge in [0, 0.05) is 7.05 Å². The van der Waals surface area contributed by atoms with E-state index in [1.165, 1.54) is 7.05 Å². The third-order valence-electron chi connectivity index (χ3n) is 2.17. The summed E-state index contributed by atoms with van der Waals surface area (Å²) in [4.78, 5) is 33.4. The highest BCUT2D eigenvalue weighted by Crippen LogP contribution is 1.98. The number of hydrogen-bond donors (Lipinski definition) is 4. The van der Waals surface area contributed by atoms with Gasteiger partial charge in [0.25, 0.3) is 0 Å². The Labute approximate surface area is 100 Å². The van der Waals surface area contributed by atoms with Gasteiger partial charge in [-0.15, -0.1) is 0 Å². The Morgan fingerprint density at radius 1 is 1.18 bits per heavy atom. The van der Waals surface area contributed by atoms with E-state index in [1.807, 2.05) is 0 Å². The van der Waals surface area contributed by atoms with Gasteiger partial charge >= 0.3 is 0 Å². The molecular formula is C10H20N4O3. The molecule has 17 heavy (non-hydrogen) atoms. The maximum Gasteiger partial charge on any atom is 0.243 e. The lowest BCUT2D eigenvalue weighted by Crippen LogP contribution is -2.44. The molecule has 98 valence electrons. The van der Waals surface area contributed by atoms with Crippen molar-refractivity contribution in [1.82, 2.24) is 10.6 Å². The molecule has 0 saturated heterocycles. The Morgan fingerprint density at radius 3 is 2.35 bits per heavy atom. The molecule has 0 aromatic heterocycles. The second-order valence-electron chi connectivity index (χ2n) is 3.65. The number of carbonyl (C=O) groups is 3. The summed E-state index contributed by atoms with van der Waals surface area (Å²) in [5.74, 6) is -1.66. The summed E-state index contributed by atoms with van der Waals surface area (Å²) in [5.41, 5.74) is 10.9. The van der Waals surface area contributed by atoms with Crippen LogP contribution in [0, 0.1) is 0 Å². The van der Waals surface area contributed by atoms with E-state index in [4.69, 9.17) is 11.5 Å². The fourth-order valence-corrected chi connectivity index (χ4v) is 1.15. The number of rotatable bonds is 7. The number of hydrogen-bond acceptors (Lipinski definition) is 5. The molecule has 0 aliphatic rings. The van der Waals surface area contributed by atoms with E-state index in [0.717, 1.165) is 12.8 Å². The molecule has 0 aromatic rings. The van der Waals surface area contributed by atoms with Crippen LogP contribution in [0.5, 0.6) is 0 Å². The van der Waals surface area contributed by atoms with E-state index in [1.54, 1.807) is 0 Å². The SMILES string of the molecule is CNC(=O)CC(=O)NC(=O)[C@@H](N)CCCCN. The van der Waals surface area contributed by atoms with E-state index in [-0.39, 0.29) is 6.42 Å². The third-order valence-corrected chi connectivity index (χ3v) is 2.17. The molecule has 0 aliphatic heterocycles. The monoisotopic (exact) mass is 244 g/mol. The molecule has 0 rings (SSSR count). The Balaban J connectivity index is 3.90. The van der Waals surface area contributed by atoms with Crippen LogP contribution >= 0.6 is 0 Å². The van der Waals surface area contributed by atoms with Crippen LogP contribution in [0.15, 0.2) is 0 Å². The molecule has 7 heteroatoms. The summed E-state index contributed by atoms with van der Waals surface area (Å²) in [5, 5.41) is 4.36. The average Bonchev–Trinajstić information content (AvgIpc) is 2.28. The average molecular weight is 244 g/mol. The Hall–Kier alpha value is -1.47. The smallest absolute Gasteiger partial charge is 0.243 e. The predicted molar refractivity (Wildman–Crippen MR) is 62.7 cm³/mol. The van der Waals surface area contributed by atoms with E-state index >= 15 is 0 Å². The first-order valence-corrected chi connectivity index (χ1v) is 5.51. The van der Waals surface area contributed by atoms with Crippen molar-refractivity contribution >= 4 is 17.7 Å². The fourth-order valence-electron chi connectivity index (χ4n) is 1.15. The lowest BCUT2D eigenvalue weighted by Gasteiger charge is -2.10. The molecular weight excluding hydrogens is 224 g/mol. The molecule has 0 bridgehead atoms. The van der Waals surface area contributed by atoms with Gasteiger partial charge in [-0.1, -0.05) is 6.42 Å². The summed E-state index contributed by atoms with van der Waals surface area (Å²) < 4.78 is 0. The van der Waals surface area contributed by atoms with Crippen molar-refractivity contribution in [1.29, 1.82) is 0 Å². The molecule has 0 heterocycles. The third kappa shape index (κ3) is 7.42. The van der Waals surface area contributed by atoms with Crippen LogP contribution < -0.4 is 22.1 Å². The van der Waals surface area contributed by atoms with E-state index in [9.17, 15) is 14.4 Å². The topological polar surface area (TPSA) is 127 Å². The summed E-state index contributed by atoms with van der Waals surface area (Å²) in [6, 6.07) is -0.741. The van der Waals surface area contributed by atoms with E-state index in [0.29, 0.717) is 13.0 Å². The van der Waals surface area contributed by atoms with Crippen LogP contribution in [0.25, 0.3) is 0 Å². The molecule has 0 spiro atoms. The van der Waals surface area contributed by atoms with E-state index in [2.05, 4.69) is 10.6 Å². The van der Waals surface area contributed by atoms with Crippen molar-refractivity contribution in [3.05, 3.63) is 0 Å². The highest BCUT2D eigenvalue weighted by atomic mass is 16.2. The Bertz CT molecular complexity index is 281. The normalized spacial score (nSPS) is 11.7. The predicted octanol–water partition coefficient (Wildman–Crippen LogP) is -1.78. The van der Waals surface area contributed by atoms with Gasteiger partial charge in [-0.3, -0.25) is 19.7 Å². The van der Waals surface area contributed by atoms with Crippen LogP contribution in [0.2, 0.25) is 0 Å². The van der Waals surface area contributed by atoms with Crippen LogP contribution in [-0.2, 0) is 14.4 Å². The summed E-state index contributed by atoms with van der Waals surface area (Å²) in [6.07, 6.45) is 1.61. The van der Waals surface area contributed by atoms with Crippen molar-refractivity contribution in [3.8, 4) is 0 Å². The molecule has 0 fully saturated rings. The highest BCUT2D eigenvalue weighted by Gasteiger charge is 2.17. The first-order chi connectivity index (χ1) is 8.01. The van der Waals surface area contributed by atoms with Gasteiger partial charge in [0.15, 0.2) is 0 Å². The first-order valence-electron chi connectivity index (χ1n) is 5.51. The van der Waals surface area contributed by atoms with Gasteiger partial charge < -0.3 is 16.8 Å². The van der Waals surface area contributed by atoms with Gasteiger partial charge in [-0.25, -0.2) is 0 Å². The molecule has 0 aliphatic carbocycles. The largest absolute Gasteiger partial charge is 0.359 e. The molecule has 0 aromatic carbocycles. The molecule has 1 atom stereocenters. The summed E-state index contributed by atoms with van der Waals surface area (Å²) in [6.45, 7) is 0.546. The second-order valence-corrected chi connectivity index (χ2v) is 3.65. The Morgan fingerprint density at radius 2 is 1.82 bits per heavy atom. The van der Waals surface area contributed by atoms with Gasteiger partial charge in [0.1, 0.15) is 6.42 Å². The van der Waals surface area contributed by atoms with Crippen molar-refractivity contribution in [2.45, 2.75) is 31.7 Å². The molecule has 0 radical (unpaired) electrons. The van der Waals surface area contributed by atoms with Crippen molar-refractivity contribution < 1.29 is 14.4 Å². The van der Waals surface area contributed by atoms with Crippen LogP contribution in [0.1, 0.15) is 25.7 Å². The standard InChI is InChI=1S/C10H20N4O3/c1-13-8(15)6-9(16)14-10(17)7(12)4-2-3-5-11/h7H,2-6,11-12H2,1H3,(H,13,15)(H,14,16,17)/t7-/m0/s1. The zero-order valence-corrected chi connectivity index (χ0v) is 9.99. The lowest BCUT2D eigenvalue weighted by atomic mass is 10.1.